The summed E-state index contributed by atoms with van der Waals surface area (Å²) in [5, 5.41) is 8.04. The van der Waals surface area contributed by atoms with Crippen molar-refractivity contribution in [2.75, 3.05) is 26.0 Å². The first-order chi connectivity index (χ1) is 14.1. The topological polar surface area (TPSA) is 91.0 Å². The van der Waals surface area contributed by atoms with Gasteiger partial charge < -0.3 is 10.1 Å². The monoisotopic (exact) mass is 417 g/mol. The van der Waals surface area contributed by atoms with Gasteiger partial charge in [-0.05, 0) is 30.7 Å². The van der Waals surface area contributed by atoms with Crippen LogP contribution in [0.2, 0.25) is 0 Å². The molecule has 0 fully saturated rings. The lowest BCUT2D eigenvalue weighted by Crippen LogP contribution is -2.31. The highest BCUT2D eigenvalue weighted by molar-refractivity contribution is 7.99. The number of halogens is 1. The molecular weight excluding hydrogens is 397 g/mol. The smallest absolute Gasteiger partial charge is 0.265 e. The Labute approximate surface area is 170 Å². The average Bonchev–Trinajstić information content (AvgIpc) is 3.31. The fraction of sp³-hybridized carbons (Fsp3) is 0.368. The molecule has 152 valence electrons. The van der Waals surface area contributed by atoms with Gasteiger partial charge in [-0.2, -0.15) is 5.10 Å². The van der Waals surface area contributed by atoms with E-state index < -0.39 is 0 Å². The van der Waals surface area contributed by atoms with Crippen LogP contribution in [0.15, 0.2) is 40.4 Å². The number of ether oxygens (including phenoxy) is 1. The minimum absolute atomic E-state index is 0.103. The normalized spacial score (nSPS) is 15.6. The molecule has 10 heteroatoms. The highest BCUT2D eigenvalue weighted by Gasteiger charge is 2.29. The van der Waals surface area contributed by atoms with Crippen LogP contribution in [0.5, 0.6) is 0 Å². The Bertz CT molecular complexity index is 1100. The van der Waals surface area contributed by atoms with Crippen molar-refractivity contribution in [3.63, 3.8) is 0 Å². The lowest BCUT2D eigenvalue weighted by molar-refractivity contribution is -0.121. The predicted octanol–water partition coefficient (Wildman–Crippen LogP) is 1.91. The SMILES string of the molecule is COCCCNC(=O)C[C@H]1CSc2nc3c(cnn3-c3ccc(F)cc3)c(=O)n21. The number of hydrogen-bond donors (Lipinski definition) is 1. The van der Waals surface area contributed by atoms with E-state index in [-0.39, 0.29) is 29.7 Å². The molecule has 1 aliphatic heterocycles. The first-order valence-electron chi connectivity index (χ1n) is 9.23. The Morgan fingerprint density at radius 1 is 1.38 bits per heavy atom. The van der Waals surface area contributed by atoms with E-state index in [1.165, 1.54) is 34.8 Å². The molecule has 4 rings (SSSR count). The van der Waals surface area contributed by atoms with Crippen LogP contribution in [0.3, 0.4) is 0 Å². The van der Waals surface area contributed by atoms with Crippen LogP contribution in [0.25, 0.3) is 16.7 Å². The molecule has 3 aromatic rings. The van der Waals surface area contributed by atoms with Gasteiger partial charge in [0, 0.05) is 32.4 Å². The molecule has 0 spiro atoms. The average molecular weight is 417 g/mol. The van der Waals surface area contributed by atoms with E-state index in [2.05, 4.69) is 15.4 Å². The van der Waals surface area contributed by atoms with Crippen molar-refractivity contribution in [2.24, 2.45) is 0 Å². The predicted molar refractivity (Wildman–Crippen MR) is 107 cm³/mol. The molecule has 2 aromatic heterocycles. The lowest BCUT2D eigenvalue weighted by Gasteiger charge is -2.13. The van der Waals surface area contributed by atoms with Crippen LogP contribution in [0, 0.1) is 5.82 Å². The summed E-state index contributed by atoms with van der Waals surface area (Å²) < 4.78 is 21.3. The molecular formula is C19H20FN5O3S. The third kappa shape index (κ3) is 3.90. The molecule has 1 aliphatic rings. The van der Waals surface area contributed by atoms with Gasteiger partial charge in [0.2, 0.25) is 5.91 Å². The number of rotatable bonds is 7. The fourth-order valence-electron chi connectivity index (χ4n) is 3.28. The summed E-state index contributed by atoms with van der Waals surface area (Å²) in [6, 6.07) is 5.57. The second-order valence-electron chi connectivity index (χ2n) is 6.70. The second-order valence-corrected chi connectivity index (χ2v) is 7.69. The molecule has 29 heavy (non-hydrogen) atoms. The molecule has 1 atom stereocenters. The summed E-state index contributed by atoms with van der Waals surface area (Å²) in [4.78, 5) is 29.9. The summed E-state index contributed by atoms with van der Waals surface area (Å²) in [6.07, 6.45) is 2.42. The number of thioether (sulfide) groups is 1. The Morgan fingerprint density at radius 3 is 2.93 bits per heavy atom. The number of methoxy groups -OCH3 is 1. The molecule has 0 unspecified atom stereocenters. The third-order valence-corrected chi connectivity index (χ3v) is 5.81. The van der Waals surface area contributed by atoms with Gasteiger partial charge in [0.1, 0.15) is 11.2 Å². The Kier molecular flexibility index (Phi) is 5.63. The highest BCUT2D eigenvalue weighted by Crippen LogP contribution is 2.33. The summed E-state index contributed by atoms with van der Waals surface area (Å²) in [7, 11) is 1.62. The van der Waals surface area contributed by atoms with E-state index in [0.717, 1.165) is 6.42 Å². The number of hydrogen-bond acceptors (Lipinski definition) is 6. The van der Waals surface area contributed by atoms with Gasteiger partial charge in [-0.25, -0.2) is 14.1 Å². The van der Waals surface area contributed by atoms with Crippen LogP contribution in [0.4, 0.5) is 4.39 Å². The van der Waals surface area contributed by atoms with Gasteiger partial charge >= 0.3 is 0 Å². The van der Waals surface area contributed by atoms with Crippen molar-refractivity contribution in [3.8, 4) is 5.69 Å². The molecule has 0 aliphatic carbocycles. The van der Waals surface area contributed by atoms with Crippen LogP contribution in [-0.2, 0) is 9.53 Å². The minimum atomic E-state index is -0.349. The van der Waals surface area contributed by atoms with Gasteiger partial charge in [-0.15, -0.1) is 0 Å². The Hall–Kier alpha value is -2.72. The number of aromatic nitrogens is 4. The van der Waals surface area contributed by atoms with Crippen LogP contribution in [0.1, 0.15) is 18.9 Å². The number of fused-ring (bicyclic) bond motifs is 2. The maximum absolute atomic E-state index is 13.2. The van der Waals surface area contributed by atoms with Gasteiger partial charge in [-0.3, -0.25) is 14.2 Å². The van der Waals surface area contributed by atoms with Crippen molar-refractivity contribution in [2.45, 2.75) is 24.0 Å². The van der Waals surface area contributed by atoms with E-state index in [4.69, 9.17) is 4.74 Å². The molecule has 1 amide bonds. The number of carbonyl (C=O) groups excluding carboxylic acids is 1. The van der Waals surface area contributed by atoms with Crippen LogP contribution >= 0.6 is 11.8 Å². The van der Waals surface area contributed by atoms with Crippen molar-refractivity contribution in [3.05, 3.63) is 46.6 Å². The van der Waals surface area contributed by atoms with E-state index in [1.54, 1.807) is 23.8 Å². The number of carbonyl (C=O) groups is 1. The molecule has 8 nitrogen and oxygen atoms in total. The van der Waals surface area contributed by atoms with Crippen LogP contribution in [-0.4, -0.2) is 51.3 Å². The first kappa shape index (κ1) is 19.6. The molecule has 1 aromatic carbocycles. The zero-order valence-corrected chi connectivity index (χ0v) is 16.6. The Balaban J connectivity index is 1.59. The number of nitrogens with zero attached hydrogens (tertiary/aromatic N) is 4. The van der Waals surface area contributed by atoms with Gasteiger partial charge in [-0.1, -0.05) is 11.8 Å². The van der Waals surface area contributed by atoms with Gasteiger partial charge in [0.25, 0.3) is 5.56 Å². The van der Waals surface area contributed by atoms with Crippen LogP contribution < -0.4 is 10.9 Å². The van der Waals surface area contributed by atoms with E-state index in [9.17, 15) is 14.0 Å². The maximum atomic E-state index is 13.2. The van der Waals surface area contributed by atoms with Gasteiger partial charge in [0.15, 0.2) is 10.8 Å². The molecule has 0 bridgehead atoms. The number of benzene rings is 1. The quantitative estimate of drug-likeness (QED) is 0.467. The minimum Gasteiger partial charge on any atom is -0.385 e. The molecule has 3 heterocycles. The summed E-state index contributed by atoms with van der Waals surface area (Å²) in [6.45, 7) is 1.12. The zero-order chi connectivity index (χ0) is 20.4. The summed E-state index contributed by atoms with van der Waals surface area (Å²) in [5.41, 5.74) is 0.818. The standard InChI is InChI=1S/C19H20FN5O3S/c1-28-8-2-7-21-16(26)9-14-11-29-19-23-17-15(18(27)24(14)19)10-22-25(17)13-5-3-12(20)4-6-13/h3-6,10,14H,2,7-9,11H2,1H3,(H,21,26)/t14-/m0/s1. The first-order valence-corrected chi connectivity index (χ1v) is 10.2. The van der Waals surface area contributed by atoms with Crippen molar-refractivity contribution in [1.29, 1.82) is 0 Å². The van der Waals surface area contributed by atoms with E-state index in [0.29, 0.717) is 40.8 Å². The maximum Gasteiger partial charge on any atom is 0.265 e. The Morgan fingerprint density at radius 2 is 2.17 bits per heavy atom. The van der Waals surface area contributed by atoms with Crippen molar-refractivity contribution in [1.82, 2.24) is 24.6 Å². The third-order valence-electron chi connectivity index (χ3n) is 4.71. The zero-order valence-electron chi connectivity index (χ0n) is 15.8. The molecule has 0 saturated heterocycles. The molecule has 0 radical (unpaired) electrons. The number of nitrogens with one attached hydrogen (secondary N) is 1. The summed E-state index contributed by atoms with van der Waals surface area (Å²) in [5.74, 6) is 0.149. The fourth-order valence-corrected chi connectivity index (χ4v) is 4.41. The largest absolute Gasteiger partial charge is 0.385 e. The number of amides is 1. The van der Waals surface area contributed by atoms with E-state index >= 15 is 0 Å². The highest BCUT2D eigenvalue weighted by atomic mass is 32.2. The van der Waals surface area contributed by atoms with Crippen molar-refractivity contribution < 1.29 is 13.9 Å². The van der Waals surface area contributed by atoms with E-state index in [1.807, 2.05) is 0 Å². The second kappa shape index (κ2) is 8.34. The molecule has 0 saturated carbocycles. The molecule has 1 N–H and O–H groups in total. The lowest BCUT2D eigenvalue weighted by atomic mass is 10.2. The van der Waals surface area contributed by atoms with Gasteiger partial charge in [0.05, 0.1) is 17.9 Å². The summed E-state index contributed by atoms with van der Waals surface area (Å²) >= 11 is 1.44. The van der Waals surface area contributed by atoms with Crippen molar-refractivity contribution >= 4 is 28.7 Å².